The summed E-state index contributed by atoms with van der Waals surface area (Å²) in [5.74, 6) is 1.34. The molecule has 34 heavy (non-hydrogen) atoms. The number of hydrogen-bond donors (Lipinski definition) is 0. The van der Waals surface area contributed by atoms with Crippen molar-refractivity contribution in [2.24, 2.45) is 5.41 Å². The minimum Gasteiger partial charge on any atom is -0.493 e. The van der Waals surface area contributed by atoms with Crippen molar-refractivity contribution in [2.75, 3.05) is 52.6 Å². The first-order chi connectivity index (χ1) is 16.5. The predicted octanol–water partition coefficient (Wildman–Crippen LogP) is 3.66. The third kappa shape index (κ3) is 6.64. The molecule has 2 aromatic carbocycles. The van der Waals surface area contributed by atoms with Gasteiger partial charge in [0.1, 0.15) is 11.5 Å². The SMILES string of the molecule is O=C(CC1(COc2ccccc2)CCCN(C(=O)COc2ccc(Cl)cc2)C1)N1CCOCC1. The smallest absolute Gasteiger partial charge is 0.260 e. The van der Waals surface area contributed by atoms with Crippen LogP contribution in [0.1, 0.15) is 19.3 Å². The number of halogens is 1. The molecule has 2 aliphatic heterocycles. The first-order valence-electron chi connectivity index (χ1n) is 11.7. The fourth-order valence-electron chi connectivity index (χ4n) is 4.50. The highest BCUT2D eigenvalue weighted by Gasteiger charge is 2.41. The van der Waals surface area contributed by atoms with E-state index in [1.165, 1.54) is 0 Å². The number of likely N-dealkylation sites (tertiary alicyclic amines) is 1. The summed E-state index contributed by atoms with van der Waals surface area (Å²) in [7, 11) is 0. The number of para-hydroxylation sites is 1. The van der Waals surface area contributed by atoms with Crippen molar-refractivity contribution < 1.29 is 23.8 Å². The lowest BCUT2D eigenvalue weighted by Crippen LogP contribution is -2.52. The average Bonchev–Trinajstić information content (AvgIpc) is 2.88. The van der Waals surface area contributed by atoms with Gasteiger partial charge in [-0.05, 0) is 49.2 Å². The number of rotatable bonds is 8. The minimum atomic E-state index is -0.459. The molecule has 0 bridgehead atoms. The van der Waals surface area contributed by atoms with Crippen molar-refractivity contribution in [3.8, 4) is 11.5 Å². The molecular weight excluding hydrogens is 456 g/mol. The number of amides is 2. The van der Waals surface area contributed by atoms with E-state index in [0.29, 0.717) is 63.2 Å². The van der Waals surface area contributed by atoms with Gasteiger partial charge in [-0.2, -0.15) is 0 Å². The molecule has 2 aromatic rings. The second-order valence-electron chi connectivity index (χ2n) is 8.93. The number of nitrogens with zero attached hydrogens (tertiary/aromatic N) is 2. The van der Waals surface area contributed by atoms with Gasteiger partial charge in [-0.25, -0.2) is 0 Å². The Morgan fingerprint density at radius 2 is 1.59 bits per heavy atom. The number of ether oxygens (including phenoxy) is 3. The van der Waals surface area contributed by atoms with Crippen molar-refractivity contribution in [1.29, 1.82) is 0 Å². The Morgan fingerprint density at radius 3 is 2.32 bits per heavy atom. The van der Waals surface area contributed by atoms with E-state index in [0.717, 1.165) is 18.6 Å². The summed E-state index contributed by atoms with van der Waals surface area (Å²) in [6.07, 6.45) is 1.96. The number of carbonyl (C=O) groups excluding carboxylic acids is 2. The molecule has 2 saturated heterocycles. The van der Waals surface area contributed by atoms with Crippen LogP contribution >= 0.6 is 11.6 Å². The molecule has 0 spiro atoms. The Labute approximate surface area is 205 Å². The van der Waals surface area contributed by atoms with Crippen LogP contribution in [0.4, 0.5) is 0 Å². The van der Waals surface area contributed by atoms with E-state index in [4.69, 9.17) is 25.8 Å². The minimum absolute atomic E-state index is 0.0608. The highest BCUT2D eigenvalue weighted by atomic mass is 35.5. The van der Waals surface area contributed by atoms with Gasteiger partial charge in [-0.1, -0.05) is 29.8 Å². The molecule has 7 nitrogen and oxygen atoms in total. The van der Waals surface area contributed by atoms with Gasteiger partial charge in [0.15, 0.2) is 6.61 Å². The molecule has 2 aliphatic rings. The van der Waals surface area contributed by atoms with Crippen LogP contribution < -0.4 is 9.47 Å². The van der Waals surface area contributed by atoms with E-state index in [-0.39, 0.29) is 18.4 Å². The zero-order valence-electron chi connectivity index (χ0n) is 19.3. The van der Waals surface area contributed by atoms with Gasteiger partial charge in [0.25, 0.3) is 5.91 Å². The Bertz CT molecular complexity index is 949. The van der Waals surface area contributed by atoms with Gasteiger partial charge in [0.05, 0.1) is 19.8 Å². The van der Waals surface area contributed by atoms with Crippen molar-refractivity contribution in [3.05, 3.63) is 59.6 Å². The van der Waals surface area contributed by atoms with Crippen LogP contribution in [0.25, 0.3) is 0 Å². The maximum Gasteiger partial charge on any atom is 0.260 e. The molecule has 1 atom stereocenters. The van der Waals surface area contributed by atoms with Crippen LogP contribution in [0.3, 0.4) is 0 Å². The third-order valence-corrected chi connectivity index (χ3v) is 6.62. The van der Waals surface area contributed by atoms with E-state index in [1.807, 2.05) is 35.2 Å². The fraction of sp³-hybridized carbons (Fsp3) is 0.462. The molecule has 8 heteroatoms. The molecule has 182 valence electrons. The Balaban J connectivity index is 1.43. The molecular formula is C26H31ClN2O5. The first kappa shape index (κ1) is 24.4. The molecule has 4 rings (SSSR count). The number of benzene rings is 2. The Morgan fingerprint density at radius 1 is 0.882 bits per heavy atom. The lowest BCUT2D eigenvalue weighted by molar-refractivity contribution is -0.144. The molecule has 2 fully saturated rings. The maximum absolute atomic E-state index is 13.2. The second kappa shape index (κ2) is 11.6. The number of morpholine rings is 1. The highest BCUT2D eigenvalue weighted by Crippen LogP contribution is 2.35. The number of hydrogen-bond acceptors (Lipinski definition) is 5. The number of carbonyl (C=O) groups is 2. The van der Waals surface area contributed by atoms with Crippen LogP contribution in [0.15, 0.2) is 54.6 Å². The first-order valence-corrected chi connectivity index (χ1v) is 12.1. The van der Waals surface area contributed by atoms with Crippen molar-refractivity contribution in [2.45, 2.75) is 19.3 Å². The van der Waals surface area contributed by atoms with Crippen LogP contribution in [0, 0.1) is 5.41 Å². The normalized spacial score (nSPS) is 20.6. The van der Waals surface area contributed by atoms with E-state index < -0.39 is 5.41 Å². The molecule has 0 radical (unpaired) electrons. The molecule has 0 saturated carbocycles. The zero-order valence-corrected chi connectivity index (χ0v) is 20.0. The van der Waals surface area contributed by atoms with Gasteiger partial charge in [0.2, 0.25) is 5.91 Å². The fourth-order valence-corrected chi connectivity index (χ4v) is 4.63. The van der Waals surface area contributed by atoms with Crippen molar-refractivity contribution in [1.82, 2.24) is 9.80 Å². The summed E-state index contributed by atoms with van der Waals surface area (Å²) in [6.45, 7) is 3.74. The van der Waals surface area contributed by atoms with E-state index >= 15 is 0 Å². The van der Waals surface area contributed by atoms with Gasteiger partial charge in [-0.15, -0.1) is 0 Å². The Kier molecular flexibility index (Phi) is 8.29. The molecule has 2 amide bonds. The summed E-state index contributed by atoms with van der Waals surface area (Å²) in [5.41, 5.74) is -0.459. The molecule has 1 unspecified atom stereocenters. The second-order valence-corrected chi connectivity index (χ2v) is 9.37. The summed E-state index contributed by atoms with van der Waals surface area (Å²) in [5, 5.41) is 0.614. The monoisotopic (exact) mass is 486 g/mol. The molecule has 0 aliphatic carbocycles. The predicted molar refractivity (Wildman–Crippen MR) is 129 cm³/mol. The van der Waals surface area contributed by atoms with Crippen molar-refractivity contribution >= 4 is 23.4 Å². The summed E-state index contributed by atoms with van der Waals surface area (Å²) >= 11 is 5.92. The maximum atomic E-state index is 13.2. The molecule has 0 N–H and O–H groups in total. The van der Waals surface area contributed by atoms with Crippen LogP contribution in [0.5, 0.6) is 11.5 Å². The van der Waals surface area contributed by atoms with E-state index in [1.54, 1.807) is 29.2 Å². The summed E-state index contributed by atoms with van der Waals surface area (Å²) < 4.78 is 17.2. The van der Waals surface area contributed by atoms with Crippen LogP contribution in [0.2, 0.25) is 5.02 Å². The lowest BCUT2D eigenvalue weighted by atomic mass is 9.77. The largest absolute Gasteiger partial charge is 0.493 e. The topological polar surface area (TPSA) is 68.3 Å². The number of piperidine rings is 1. The zero-order chi connectivity index (χ0) is 23.8. The molecule has 0 aromatic heterocycles. The van der Waals surface area contributed by atoms with Crippen LogP contribution in [-0.2, 0) is 14.3 Å². The van der Waals surface area contributed by atoms with Gasteiger partial charge in [0, 0.05) is 43.0 Å². The lowest BCUT2D eigenvalue weighted by Gasteiger charge is -2.43. The highest BCUT2D eigenvalue weighted by molar-refractivity contribution is 6.30. The van der Waals surface area contributed by atoms with Gasteiger partial charge < -0.3 is 24.0 Å². The summed E-state index contributed by atoms with van der Waals surface area (Å²) in [4.78, 5) is 29.8. The molecule has 2 heterocycles. The van der Waals surface area contributed by atoms with Crippen molar-refractivity contribution in [3.63, 3.8) is 0 Å². The van der Waals surface area contributed by atoms with Gasteiger partial charge >= 0.3 is 0 Å². The van der Waals surface area contributed by atoms with Gasteiger partial charge in [-0.3, -0.25) is 9.59 Å². The standard InChI is InChI=1S/C26H31ClN2O5/c27-21-7-9-23(10-8-21)33-18-25(31)29-12-4-11-26(19-29,20-34-22-5-2-1-3-6-22)17-24(30)28-13-15-32-16-14-28/h1-3,5-10H,4,11-20H2. The van der Waals surface area contributed by atoms with E-state index in [2.05, 4.69) is 0 Å². The summed E-state index contributed by atoms with van der Waals surface area (Å²) in [6, 6.07) is 16.5. The quantitative estimate of drug-likeness (QED) is 0.569. The Hall–Kier alpha value is -2.77. The third-order valence-electron chi connectivity index (χ3n) is 6.37. The average molecular weight is 487 g/mol. The van der Waals surface area contributed by atoms with Crippen LogP contribution in [-0.4, -0.2) is 74.2 Å². The van der Waals surface area contributed by atoms with E-state index in [9.17, 15) is 9.59 Å².